The highest BCUT2D eigenvalue weighted by Gasteiger charge is 2.31. The van der Waals surface area contributed by atoms with E-state index >= 15 is 0 Å². The number of anilines is 1. The van der Waals surface area contributed by atoms with Gasteiger partial charge in [0.15, 0.2) is 0 Å². The molecule has 0 unspecified atom stereocenters. The van der Waals surface area contributed by atoms with E-state index in [1.54, 1.807) is 18.5 Å². The van der Waals surface area contributed by atoms with Crippen LogP contribution in [0.15, 0.2) is 48.8 Å². The van der Waals surface area contributed by atoms with Gasteiger partial charge in [0.2, 0.25) is 0 Å². The molecule has 1 aromatic carbocycles. The Labute approximate surface area is 168 Å². The third-order valence-corrected chi connectivity index (χ3v) is 5.24. The molecule has 29 heavy (non-hydrogen) atoms. The smallest absolute Gasteiger partial charge is 0.355 e. The van der Waals surface area contributed by atoms with Gasteiger partial charge in [0.25, 0.3) is 0 Å². The van der Waals surface area contributed by atoms with Crippen molar-refractivity contribution in [3.05, 3.63) is 60.3 Å². The van der Waals surface area contributed by atoms with Crippen molar-refractivity contribution in [3.8, 4) is 22.3 Å². The molecule has 7 heteroatoms. The lowest BCUT2D eigenvalue weighted by Gasteiger charge is -2.31. The number of pyridine rings is 1. The van der Waals surface area contributed by atoms with E-state index in [9.17, 15) is 9.18 Å². The molecule has 6 nitrogen and oxygen atoms in total. The van der Waals surface area contributed by atoms with Crippen LogP contribution in [-0.4, -0.2) is 48.8 Å². The maximum absolute atomic E-state index is 14.1. The minimum atomic E-state index is -0.455. The summed E-state index contributed by atoms with van der Waals surface area (Å²) in [6, 6.07) is 10.1. The molecule has 0 spiro atoms. The Morgan fingerprint density at radius 1 is 1.10 bits per heavy atom. The SMILES string of the molecule is COC(=O)c1c(-c2cccc(F)c2)c(-c2ccncc2)c(N2CCNCC2)n1C. The summed E-state index contributed by atoms with van der Waals surface area (Å²) in [5, 5.41) is 3.36. The Kier molecular flexibility index (Phi) is 5.31. The van der Waals surface area contributed by atoms with Gasteiger partial charge >= 0.3 is 5.97 Å². The quantitative estimate of drug-likeness (QED) is 0.689. The Hall–Kier alpha value is -3.19. The number of piperazine rings is 1. The standard InChI is InChI=1S/C22H23FN4O2/c1-26-20(22(28)29-2)18(16-4-3-5-17(23)14-16)19(15-6-8-24-9-7-15)21(26)27-12-10-25-11-13-27/h3-9,14,25H,10-13H2,1-2H3. The molecule has 0 atom stereocenters. The second-order valence-electron chi connectivity index (χ2n) is 6.96. The Balaban J connectivity index is 2.07. The molecule has 150 valence electrons. The molecular formula is C22H23FN4O2. The second-order valence-corrected chi connectivity index (χ2v) is 6.96. The molecule has 0 bridgehead atoms. The number of rotatable bonds is 4. The van der Waals surface area contributed by atoms with Gasteiger partial charge in [0.1, 0.15) is 17.3 Å². The number of benzene rings is 1. The summed E-state index contributed by atoms with van der Waals surface area (Å²) < 4.78 is 21.1. The summed E-state index contributed by atoms with van der Waals surface area (Å²) in [5.41, 5.74) is 3.49. The Morgan fingerprint density at radius 2 is 1.83 bits per heavy atom. The fraction of sp³-hybridized carbons (Fsp3) is 0.273. The molecule has 4 rings (SSSR count). The lowest BCUT2D eigenvalue weighted by Crippen LogP contribution is -2.44. The summed E-state index contributed by atoms with van der Waals surface area (Å²) in [4.78, 5) is 19.2. The number of methoxy groups -OCH3 is 1. The number of hydrogen-bond donors (Lipinski definition) is 1. The van der Waals surface area contributed by atoms with Crippen LogP contribution in [0.3, 0.4) is 0 Å². The van der Waals surface area contributed by atoms with Gasteiger partial charge in [-0.05, 0) is 35.4 Å². The van der Waals surface area contributed by atoms with Crippen molar-refractivity contribution in [3.63, 3.8) is 0 Å². The number of carbonyl (C=O) groups is 1. The molecule has 1 saturated heterocycles. The van der Waals surface area contributed by atoms with Gasteiger partial charge in [-0.25, -0.2) is 9.18 Å². The van der Waals surface area contributed by atoms with Gasteiger partial charge in [-0.2, -0.15) is 0 Å². The summed E-state index contributed by atoms with van der Waals surface area (Å²) in [6.07, 6.45) is 3.44. The largest absolute Gasteiger partial charge is 0.464 e. The van der Waals surface area contributed by atoms with Crippen LogP contribution in [-0.2, 0) is 11.8 Å². The van der Waals surface area contributed by atoms with Crippen molar-refractivity contribution in [2.24, 2.45) is 7.05 Å². The average molecular weight is 394 g/mol. The number of carbonyl (C=O) groups excluding carboxylic acids is 1. The van der Waals surface area contributed by atoms with Gasteiger partial charge in [0.05, 0.1) is 7.11 Å². The van der Waals surface area contributed by atoms with Crippen molar-refractivity contribution in [2.45, 2.75) is 0 Å². The molecule has 1 aliphatic rings. The zero-order valence-corrected chi connectivity index (χ0v) is 16.5. The predicted molar refractivity (Wildman–Crippen MR) is 110 cm³/mol. The van der Waals surface area contributed by atoms with Crippen molar-refractivity contribution < 1.29 is 13.9 Å². The van der Waals surface area contributed by atoms with Crippen molar-refractivity contribution in [1.29, 1.82) is 0 Å². The number of nitrogens with zero attached hydrogens (tertiary/aromatic N) is 3. The van der Waals surface area contributed by atoms with E-state index in [1.165, 1.54) is 19.2 Å². The van der Waals surface area contributed by atoms with Gasteiger partial charge in [-0.1, -0.05) is 12.1 Å². The predicted octanol–water partition coefficient (Wildman–Crippen LogP) is 3.09. The Bertz CT molecular complexity index is 1030. The fourth-order valence-corrected chi connectivity index (χ4v) is 3.97. The molecular weight excluding hydrogens is 371 g/mol. The highest BCUT2D eigenvalue weighted by Crippen LogP contribution is 2.44. The van der Waals surface area contributed by atoms with Crippen LogP contribution in [0.25, 0.3) is 22.3 Å². The number of halogens is 1. The first-order valence-electron chi connectivity index (χ1n) is 9.54. The molecule has 1 N–H and O–H groups in total. The van der Waals surface area contributed by atoms with Gasteiger partial charge in [-0.15, -0.1) is 0 Å². The third kappa shape index (κ3) is 3.49. The van der Waals surface area contributed by atoms with E-state index in [-0.39, 0.29) is 5.82 Å². The number of nitrogens with one attached hydrogen (secondary N) is 1. The maximum atomic E-state index is 14.1. The van der Waals surface area contributed by atoms with Crippen LogP contribution in [0.5, 0.6) is 0 Å². The molecule has 3 aromatic rings. The first-order valence-corrected chi connectivity index (χ1v) is 9.54. The summed E-state index contributed by atoms with van der Waals surface area (Å²) in [6.45, 7) is 3.31. The van der Waals surface area contributed by atoms with E-state index < -0.39 is 5.97 Å². The monoisotopic (exact) mass is 394 g/mol. The molecule has 0 amide bonds. The number of ether oxygens (including phenoxy) is 1. The second kappa shape index (κ2) is 8.05. The Morgan fingerprint density at radius 3 is 2.48 bits per heavy atom. The molecule has 2 aromatic heterocycles. The first kappa shape index (κ1) is 19.1. The molecule has 0 saturated carbocycles. The van der Waals surface area contributed by atoms with Crippen LogP contribution >= 0.6 is 0 Å². The summed E-state index contributed by atoms with van der Waals surface area (Å²) >= 11 is 0. The normalized spacial score (nSPS) is 14.1. The topological polar surface area (TPSA) is 59.4 Å². The van der Waals surface area contributed by atoms with E-state index in [0.717, 1.165) is 43.1 Å². The van der Waals surface area contributed by atoms with Crippen LogP contribution in [0.1, 0.15) is 10.5 Å². The average Bonchev–Trinajstić information content (AvgIpc) is 3.07. The first-order chi connectivity index (χ1) is 14.1. The molecule has 0 radical (unpaired) electrons. The highest BCUT2D eigenvalue weighted by atomic mass is 19.1. The lowest BCUT2D eigenvalue weighted by atomic mass is 9.96. The molecule has 0 aliphatic carbocycles. The third-order valence-electron chi connectivity index (χ3n) is 5.24. The maximum Gasteiger partial charge on any atom is 0.355 e. The van der Waals surface area contributed by atoms with Crippen LogP contribution < -0.4 is 10.2 Å². The van der Waals surface area contributed by atoms with Crippen molar-refractivity contribution >= 4 is 11.8 Å². The van der Waals surface area contributed by atoms with Gasteiger partial charge in [0, 0.05) is 56.7 Å². The minimum absolute atomic E-state index is 0.355. The fourth-order valence-electron chi connectivity index (χ4n) is 3.97. The zero-order chi connectivity index (χ0) is 20.4. The van der Waals surface area contributed by atoms with E-state index in [0.29, 0.717) is 16.8 Å². The van der Waals surface area contributed by atoms with Crippen molar-refractivity contribution in [1.82, 2.24) is 14.9 Å². The van der Waals surface area contributed by atoms with Gasteiger partial charge < -0.3 is 19.5 Å². The van der Waals surface area contributed by atoms with Crippen LogP contribution in [0.4, 0.5) is 10.2 Å². The molecule has 1 aliphatic heterocycles. The van der Waals surface area contributed by atoms with E-state index in [4.69, 9.17) is 4.74 Å². The summed E-state index contributed by atoms with van der Waals surface area (Å²) in [5.74, 6) is 0.104. The van der Waals surface area contributed by atoms with Crippen LogP contribution in [0.2, 0.25) is 0 Å². The van der Waals surface area contributed by atoms with Crippen LogP contribution in [0, 0.1) is 5.82 Å². The summed E-state index contributed by atoms with van der Waals surface area (Å²) in [7, 11) is 3.22. The number of esters is 1. The minimum Gasteiger partial charge on any atom is -0.464 e. The van der Waals surface area contributed by atoms with Crippen molar-refractivity contribution in [2.75, 3.05) is 38.2 Å². The lowest BCUT2D eigenvalue weighted by molar-refractivity contribution is 0.0591. The zero-order valence-electron chi connectivity index (χ0n) is 16.5. The number of aromatic nitrogens is 2. The van der Waals surface area contributed by atoms with Gasteiger partial charge in [-0.3, -0.25) is 4.98 Å². The molecule has 3 heterocycles. The number of hydrogen-bond acceptors (Lipinski definition) is 5. The molecule has 1 fully saturated rings. The highest BCUT2D eigenvalue weighted by molar-refractivity contribution is 6.05. The van der Waals surface area contributed by atoms with E-state index in [1.807, 2.05) is 29.8 Å². The van der Waals surface area contributed by atoms with E-state index in [2.05, 4.69) is 15.2 Å².